The monoisotopic (exact) mass is 564 g/mol. The highest BCUT2D eigenvalue weighted by molar-refractivity contribution is 14.0. The molecule has 3 rings (SSSR count). The Bertz CT molecular complexity index is 885. The molecule has 2 aromatic rings. The van der Waals surface area contributed by atoms with E-state index in [0.717, 1.165) is 31.5 Å². The van der Waals surface area contributed by atoms with Crippen LogP contribution < -0.4 is 10.6 Å². The van der Waals surface area contributed by atoms with Gasteiger partial charge in [0.1, 0.15) is 5.82 Å². The number of nitrogens with zero attached hydrogens (tertiary/aromatic N) is 4. The van der Waals surface area contributed by atoms with Gasteiger partial charge in [-0.25, -0.2) is 4.39 Å². The Morgan fingerprint density at radius 1 is 1.39 bits per heavy atom. The van der Waals surface area contributed by atoms with E-state index < -0.39 is 0 Å². The van der Waals surface area contributed by atoms with Crippen LogP contribution in [0.25, 0.3) is 0 Å². The van der Waals surface area contributed by atoms with Crippen molar-refractivity contribution in [3.05, 3.63) is 46.3 Å². The van der Waals surface area contributed by atoms with Crippen LogP contribution in [0.15, 0.2) is 27.7 Å². The largest absolute Gasteiger partial charge is 0.352 e. The smallest absolute Gasteiger partial charge is 0.232 e. The summed E-state index contributed by atoms with van der Waals surface area (Å²) in [5.41, 5.74) is 0.762. The van der Waals surface area contributed by atoms with Crippen LogP contribution in [-0.4, -0.2) is 47.2 Å². The molecule has 1 fully saturated rings. The molecule has 0 spiro atoms. The molecule has 0 radical (unpaired) electrons. The number of aliphatic imine (C=N–C) groups is 1. The van der Waals surface area contributed by atoms with Crippen LogP contribution in [0.4, 0.5) is 4.39 Å². The third-order valence-electron chi connectivity index (χ3n) is 5.00. The van der Waals surface area contributed by atoms with Gasteiger partial charge in [0, 0.05) is 36.6 Å². The summed E-state index contributed by atoms with van der Waals surface area (Å²) < 4.78 is 18.6. The number of rotatable bonds is 5. The highest BCUT2D eigenvalue weighted by atomic mass is 127. The Morgan fingerprint density at radius 3 is 2.81 bits per heavy atom. The lowest BCUT2D eigenvalue weighted by Gasteiger charge is -2.34. The van der Waals surface area contributed by atoms with Gasteiger partial charge >= 0.3 is 0 Å². The summed E-state index contributed by atoms with van der Waals surface area (Å²) in [4.78, 5) is 11.1. The molecule has 1 atom stereocenters. The van der Waals surface area contributed by atoms with E-state index in [2.05, 4.69) is 30.7 Å². The summed E-state index contributed by atoms with van der Waals surface area (Å²) >= 11 is 6.19. The van der Waals surface area contributed by atoms with Crippen molar-refractivity contribution < 1.29 is 8.91 Å². The van der Waals surface area contributed by atoms with Crippen LogP contribution in [0.1, 0.15) is 50.9 Å². The molecule has 0 aliphatic carbocycles. The van der Waals surface area contributed by atoms with Gasteiger partial charge in [-0.1, -0.05) is 43.6 Å². The van der Waals surface area contributed by atoms with Gasteiger partial charge in [-0.05, 0) is 37.1 Å². The summed E-state index contributed by atoms with van der Waals surface area (Å²) in [5.74, 6) is 1.60. The lowest BCUT2D eigenvalue weighted by molar-refractivity contribution is 0.192. The Balaban J connectivity index is 0.00000341. The van der Waals surface area contributed by atoms with Crippen LogP contribution in [0.2, 0.25) is 5.02 Å². The SMILES string of the molecule is CN=C(NCc1noc(C(C)(C)C)n1)NC1CCCN(Cc2ccc(F)cc2Cl)C1.I. The van der Waals surface area contributed by atoms with E-state index >= 15 is 0 Å². The van der Waals surface area contributed by atoms with Crippen LogP contribution in [0, 0.1) is 5.82 Å². The van der Waals surface area contributed by atoms with Gasteiger partial charge in [0.05, 0.1) is 6.54 Å². The van der Waals surface area contributed by atoms with Gasteiger partial charge in [-0.15, -0.1) is 24.0 Å². The van der Waals surface area contributed by atoms with Gasteiger partial charge in [0.25, 0.3) is 0 Å². The molecular formula is C21H31ClFIN6O. The second kappa shape index (κ2) is 11.4. The number of likely N-dealkylation sites (tertiary alicyclic amines) is 1. The Labute approximate surface area is 205 Å². The molecular weight excluding hydrogens is 534 g/mol. The summed E-state index contributed by atoms with van der Waals surface area (Å²) in [7, 11) is 1.74. The minimum atomic E-state index is -0.312. The topological polar surface area (TPSA) is 78.6 Å². The second-order valence-electron chi connectivity index (χ2n) is 8.65. The molecule has 10 heteroatoms. The number of hydrogen-bond donors (Lipinski definition) is 2. The lowest BCUT2D eigenvalue weighted by atomic mass is 9.97. The first-order valence-electron chi connectivity index (χ1n) is 10.2. The number of guanidine groups is 1. The standard InChI is InChI=1S/C21H30ClFN6O.HI/c1-21(2,3)19-27-18(28-30-19)11-25-20(24-4)26-16-6-5-9-29(13-16)12-14-7-8-15(23)10-17(14)22;/h7-8,10,16H,5-6,9,11-13H2,1-4H3,(H2,24,25,26);1H. The lowest BCUT2D eigenvalue weighted by Crippen LogP contribution is -2.50. The van der Waals surface area contributed by atoms with Crippen LogP contribution in [-0.2, 0) is 18.5 Å². The van der Waals surface area contributed by atoms with Crippen molar-refractivity contribution in [1.29, 1.82) is 0 Å². The van der Waals surface area contributed by atoms with Crippen molar-refractivity contribution in [2.24, 2.45) is 4.99 Å². The van der Waals surface area contributed by atoms with E-state index in [1.54, 1.807) is 13.1 Å². The maximum atomic E-state index is 13.3. The van der Waals surface area contributed by atoms with Crippen LogP contribution in [0.3, 0.4) is 0 Å². The van der Waals surface area contributed by atoms with Crippen molar-refractivity contribution in [2.75, 3.05) is 20.1 Å². The van der Waals surface area contributed by atoms with Crippen molar-refractivity contribution in [2.45, 2.75) is 58.2 Å². The zero-order valence-corrected chi connectivity index (χ0v) is 21.5. The quantitative estimate of drug-likeness (QED) is 0.323. The van der Waals surface area contributed by atoms with Crippen LogP contribution >= 0.6 is 35.6 Å². The fraction of sp³-hybridized carbons (Fsp3) is 0.571. The summed E-state index contributed by atoms with van der Waals surface area (Å²) in [5, 5.41) is 11.2. The predicted molar refractivity (Wildman–Crippen MR) is 131 cm³/mol. The second-order valence-corrected chi connectivity index (χ2v) is 9.05. The molecule has 1 unspecified atom stereocenters. The van der Waals surface area contributed by atoms with E-state index in [1.807, 2.05) is 20.8 Å². The number of piperidine rings is 1. The maximum Gasteiger partial charge on any atom is 0.232 e. The average Bonchev–Trinajstić information content (AvgIpc) is 3.17. The van der Waals surface area contributed by atoms with E-state index in [4.69, 9.17) is 16.1 Å². The normalized spacial score (nSPS) is 17.9. The minimum absolute atomic E-state index is 0. The Kier molecular flexibility index (Phi) is 9.50. The van der Waals surface area contributed by atoms with E-state index in [-0.39, 0.29) is 41.3 Å². The van der Waals surface area contributed by atoms with Crippen molar-refractivity contribution in [3.8, 4) is 0 Å². The molecule has 31 heavy (non-hydrogen) atoms. The van der Waals surface area contributed by atoms with E-state index in [0.29, 0.717) is 35.8 Å². The first-order valence-corrected chi connectivity index (χ1v) is 10.6. The molecule has 7 nitrogen and oxygen atoms in total. The molecule has 172 valence electrons. The number of benzene rings is 1. The van der Waals surface area contributed by atoms with Gasteiger partial charge < -0.3 is 15.2 Å². The highest BCUT2D eigenvalue weighted by Gasteiger charge is 2.23. The third kappa shape index (κ3) is 7.57. The van der Waals surface area contributed by atoms with Crippen molar-refractivity contribution in [3.63, 3.8) is 0 Å². The van der Waals surface area contributed by atoms with Gasteiger partial charge in [0.2, 0.25) is 5.89 Å². The van der Waals surface area contributed by atoms with Gasteiger partial charge in [0.15, 0.2) is 11.8 Å². The molecule has 2 N–H and O–H groups in total. The Hall–Kier alpha value is -1.46. The molecule has 0 amide bonds. The molecule has 2 heterocycles. The molecule has 1 aromatic carbocycles. The number of nitrogens with one attached hydrogen (secondary N) is 2. The predicted octanol–water partition coefficient (Wildman–Crippen LogP) is 4.11. The zero-order chi connectivity index (χ0) is 21.7. The first-order chi connectivity index (χ1) is 14.2. The fourth-order valence-electron chi connectivity index (χ4n) is 3.39. The number of hydrogen-bond acceptors (Lipinski definition) is 5. The molecule has 1 aliphatic rings. The van der Waals surface area contributed by atoms with E-state index in [1.165, 1.54) is 12.1 Å². The van der Waals surface area contributed by atoms with Crippen molar-refractivity contribution in [1.82, 2.24) is 25.7 Å². The number of halogens is 3. The van der Waals surface area contributed by atoms with Gasteiger partial charge in [-0.2, -0.15) is 4.98 Å². The van der Waals surface area contributed by atoms with E-state index in [9.17, 15) is 4.39 Å². The average molecular weight is 565 g/mol. The van der Waals surface area contributed by atoms with Crippen LogP contribution in [0.5, 0.6) is 0 Å². The number of aromatic nitrogens is 2. The molecule has 0 bridgehead atoms. The third-order valence-corrected chi connectivity index (χ3v) is 5.35. The fourth-order valence-corrected chi connectivity index (χ4v) is 3.62. The molecule has 1 aliphatic heterocycles. The zero-order valence-electron chi connectivity index (χ0n) is 18.4. The summed E-state index contributed by atoms with van der Waals surface area (Å²) in [6.07, 6.45) is 2.11. The summed E-state index contributed by atoms with van der Waals surface area (Å²) in [6, 6.07) is 4.83. The van der Waals surface area contributed by atoms with Gasteiger partial charge in [-0.3, -0.25) is 9.89 Å². The highest BCUT2D eigenvalue weighted by Crippen LogP contribution is 2.21. The maximum absolute atomic E-state index is 13.3. The first kappa shape index (κ1) is 25.8. The van der Waals surface area contributed by atoms with Crippen molar-refractivity contribution >= 4 is 41.5 Å². The summed E-state index contributed by atoms with van der Waals surface area (Å²) in [6.45, 7) is 9.06. The molecule has 1 saturated heterocycles. The minimum Gasteiger partial charge on any atom is -0.352 e. The Morgan fingerprint density at radius 2 is 2.16 bits per heavy atom. The molecule has 1 aromatic heterocycles. The molecule has 0 saturated carbocycles.